The first-order valence-electron chi connectivity index (χ1n) is 7.08. The van der Waals surface area contributed by atoms with Gasteiger partial charge in [-0.2, -0.15) is 0 Å². The highest BCUT2D eigenvalue weighted by Crippen LogP contribution is 2.16. The highest BCUT2D eigenvalue weighted by Gasteiger charge is 2.09. The van der Waals surface area contributed by atoms with Gasteiger partial charge >= 0.3 is 0 Å². The van der Waals surface area contributed by atoms with Crippen molar-refractivity contribution >= 4 is 17.3 Å². The fourth-order valence-corrected chi connectivity index (χ4v) is 3.14. The van der Waals surface area contributed by atoms with Crippen molar-refractivity contribution in [1.29, 1.82) is 0 Å². The number of benzene rings is 1. The van der Waals surface area contributed by atoms with Gasteiger partial charge in [-0.05, 0) is 31.5 Å². The van der Waals surface area contributed by atoms with Crippen molar-refractivity contribution in [3.05, 3.63) is 51.2 Å². The van der Waals surface area contributed by atoms with E-state index in [4.69, 9.17) is 0 Å². The Morgan fingerprint density at radius 1 is 1.41 bits per heavy atom. The summed E-state index contributed by atoms with van der Waals surface area (Å²) in [6.45, 7) is 5.31. The Balaban J connectivity index is 1.97. The molecule has 1 heterocycles. The predicted octanol–water partition coefficient (Wildman–Crippen LogP) is 3.11. The first kappa shape index (κ1) is 16.4. The second-order valence-electron chi connectivity index (χ2n) is 5.13. The van der Waals surface area contributed by atoms with E-state index in [-0.39, 0.29) is 5.82 Å². The van der Waals surface area contributed by atoms with Gasteiger partial charge in [-0.15, -0.1) is 11.3 Å². The molecule has 0 amide bonds. The Labute approximate surface area is 134 Å². The molecule has 0 fully saturated rings. The highest BCUT2D eigenvalue weighted by molar-refractivity contribution is 7.11. The molecule has 0 aliphatic heterocycles. The van der Waals surface area contributed by atoms with E-state index < -0.39 is 0 Å². The minimum Gasteiger partial charge on any atom is -0.351 e. The largest absolute Gasteiger partial charge is 0.351 e. The van der Waals surface area contributed by atoms with Gasteiger partial charge in [0.2, 0.25) is 0 Å². The van der Waals surface area contributed by atoms with E-state index >= 15 is 0 Å². The lowest BCUT2D eigenvalue weighted by Crippen LogP contribution is -2.38. The molecular formula is C16H21FN4S. The molecule has 4 nitrogen and oxygen atoms in total. The number of aliphatic imine (C=N–C) groups is 1. The van der Waals surface area contributed by atoms with E-state index in [1.165, 1.54) is 10.9 Å². The zero-order valence-electron chi connectivity index (χ0n) is 13.4. The number of nitrogens with one attached hydrogen (secondary N) is 1. The molecule has 0 saturated heterocycles. The summed E-state index contributed by atoms with van der Waals surface area (Å²) in [5.74, 6) is 0.555. The summed E-state index contributed by atoms with van der Waals surface area (Å²) in [6.07, 6.45) is 0. The van der Waals surface area contributed by atoms with Crippen molar-refractivity contribution < 1.29 is 4.39 Å². The quantitative estimate of drug-likeness (QED) is 0.695. The molecule has 1 N–H and O–H groups in total. The maximum absolute atomic E-state index is 13.2. The van der Waals surface area contributed by atoms with Crippen molar-refractivity contribution in [1.82, 2.24) is 15.2 Å². The summed E-state index contributed by atoms with van der Waals surface area (Å²) in [4.78, 5) is 11.9. The zero-order chi connectivity index (χ0) is 16.1. The standard InChI is InChI=1S/C16H21FN4S/c1-11-15(22-12(2)20-11)9-19-16(18-3)21(4)10-13-6-5-7-14(17)8-13/h5-8H,9-10H2,1-4H3,(H,18,19). The van der Waals surface area contributed by atoms with Crippen molar-refractivity contribution in [2.45, 2.75) is 26.9 Å². The Morgan fingerprint density at radius 3 is 2.77 bits per heavy atom. The van der Waals surface area contributed by atoms with Crippen LogP contribution in [0.4, 0.5) is 4.39 Å². The van der Waals surface area contributed by atoms with E-state index in [2.05, 4.69) is 15.3 Å². The molecule has 0 radical (unpaired) electrons. The Morgan fingerprint density at radius 2 is 2.18 bits per heavy atom. The second kappa shape index (κ2) is 7.35. The van der Waals surface area contributed by atoms with Crippen molar-refractivity contribution in [2.75, 3.05) is 14.1 Å². The molecule has 0 bridgehead atoms. The maximum Gasteiger partial charge on any atom is 0.193 e. The lowest BCUT2D eigenvalue weighted by atomic mass is 10.2. The van der Waals surface area contributed by atoms with Crippen LogP contribution >= 0.6 is 11.3 Å². The number of guanidine groups is 1. The number of hydrogen-bond donors (Lipinski definition) is 1. The van der Waals surface area contributed by atoms with Crippen molar-refractivity contribution in [3.63, 3.8) is 0 Å². The topological polar surface area (TPSA) is 40.5 Å². The van der Waals surface area contributed by atoms with Crippen LogP contribution in [0.2, 0.25) is 0 Å². The first-order chi connectivity index (χ1) is 10.5. The summed E-state index contributed by atoms with van der Waals surface area (Å²) < 4.78 is 13.2. The molecule has 0 atom stereocenters. The number of rotatable bonds is 4. The molecule has 6 heteroatoms. The lowest BCUT2D eigenvalue weighted by Gasteiger charge is -2.22. The maximum atomic E-state index is 13.2. The average Bonchev–Trinajstić information content (AvgIpc) is 2.77. The summed E-state index contributed by atoms with van der Waals surface area (Å²) in [7, 11) is 3.68. The molecule has 118 valence electrons. The average molecular weight is 320 g/mol. The van der Waals surface area contributed by atoms with Gasteiger partial charge in [-0.3, -0.25) is 4.99 Å². The van der Waals surface area contributed by atoms with Crippen LogP contribution in [0.25, 0.3) is 0 Å². The Kier molecular flexibility index (Phi) is 5.49. The van der Waals surface area contributed by atoms with Gasteiger partial charge < -0.3 is 10.2 Å². The monoisotopic (exact) mass is 320 g/mol. The van der Waals surface area contributed by atoms with Gasteiger partial charge in [0.1, 0.15) is 5.82 Å². The van der Waals surface area contributed by atoms with Crippen molar-refractivity contribution in [3.8, 4) is 0 Å². The summed E-state index contributed by atoms with van der Waals surface area (Å²) >= 11 is 1.69. The second-order valence-corrected chi connectivity index (χ2v) is 6.42. The van der Waals surface area contributed by atoms with Gasteiger partial charge in [0.25, 0.3) is 0 Å². The molecule has 2 rings (SSSR count). The molecular weight excluding hydrogens is 299 g/mol. The molecule has 1 aromatic heterocycles. The minimum absolute atomic E-state index is 0.218. The molecule has 2 aromatic rings. The van der Waals surface area contributed by atoms with Gasteiger partial charge in [0.15, 0.2) is 5.96 Å². The fraction of sp³-hybridized carbons (Fsp3) is 0.375. The van der Waals surface area contributed by atoms with E-state index in [1.807, 2.05) is 31.9 Å². The minimum atomic E-state index is -0.218. The van der Waals surface area contributed by atoms with Crippen LogP contribution in [0, 0.1) is 19.7 Å². The molecule has 0 unspecified atom stereocenters. The first-order valence-corrected chi connectivity index (χ1v) is 7.90. The third-order valence-corrected chi connectivity index (χ3v) is 4.36. The zero-order valence-corrected chi connectivity index (χ0v) is 14.2. The van der Waals surface area contributed by atoms with Crippen LogP contribution in [0.1, 0.15) is 21.1 Å². The number of halogens is 1. The van der Waals surface area contributed by atoms with Gasteiger partial charge in [-0.1, -0.05) is 12.1 Å². The SMILES string of the molecule is CN=C(NCc1sc(C)nc1C)N(C)Cc1cccc(F)c1. The summed E-state index contributed by atoms with van der Waals surface area (Å²) in [6, 6.07) is 6.62. The summed E-state index contributed by atoms with van der Waals surface area (Å²) in [5.41, 5.74) is 1.97. The van der Waals surface area contributed by atoms with E-state index in [0.29, 0.717) is 13.1 Å². The molecule has 1 aromatic carbocycles. The summed E-state index contributed by atoms with van der Waals surface area (Å²) in [5, 5.41) is 4.39. The fourth-order valence-electron chi connectivity index (χ4n) is 2.27. The number of aryl methyl sites for hydroxylation is 2. The van der Waals surface area contributed by atoms with Crippen LogP contribution in [-0.4, -0.2) is 29.9 Å². The van der Waals surface area contributed by atoms with Crippen LogP contribution in [0.3, 0.4) is 0 Å². The molecule has 0 spiro atoms. The van der Waals surface area contributed by atoms with E-state index in [9.17, 15) is 4.39 Å². The Bertz CT molecular complexity index is 666. The third kappa shape index (κ3) is 4.27. The normalized spacial score (nSPS) is 11.6. The van der Waals surface area contributed by atoms with E-state index in [1.54, 1.807) is 30.5 Å². The smallest absolute Gasteiger partial charge is 0.193 e. The van der Waals surface area contributed by atoms with Crippen molar-refractivity contribution in [2.24, 2.45) is 4.99 Å². The van der Waals surface area contributed by atoms with E-state index in [0.717, 1.165) is 22.2 Å². The van der Waals surface area contributed by atoms with Crippen LogP contribution in [0.5, 0.6) is 0 Å². The third-order valence-electron chi connectivity index (χ3n) is 3.29. The van der Waals surface area contributed by atoms with Gasteiger partial charge in [-0.25, -0.2) is 9.37 Å². The van der Waals surface area contributed by atoms with Crippen LogP contribution < -0.4 is 5.32 Å². The lowest BCUT2D eigenvalue weighted by molar-refractivity contribution is 0.475. The number of aromatic nitrogens is 1. The Hall–Kier alpha value is -1.95. The number of thiazole rings is 1. The van der Waals surface area contributed by atoms with Gasteiger partial charge in [0.05, 0.1) is 17.2 Å². The number of nitrogens with zero attached hydrogens (tertiary/aromatic N) is 3. The highest BCUT2D eigenvalue weighted by atomic mass is 32.1. The molecule has 0 aliphatic carbocycles. The van der Waals surface area contributed by atoms with Crippen LogP contribution in [-0.2, 0) is 13.1 Å². The predicted molar refractivity (Wildman–Crippen MR) is 89.7 cm³/mol. The van der Waals surface area contributed by atoms with Gasteiger partial charge in [0, 0.05) is 25.5 Å². The molecule has 22 heavy (non-hydrogen) atoms. The molecule has 0 aliphatic rings. The van der Waals surface area contributed by atoms with Crippen LogP contribution in [0.15, 0.2) is 29.3 Å². The molecule has 0 saturated carbocycles. The number of hydrogen-bond acceptors (Lipinski definition) is 3.